The summed E-state index contributed by atoms with van der Waals surface area (Å²) in [6, 6.07) is 29.2. The lowest BCUT2D eigenvalue weighted by atomic mass is 10.1. The SMILES string of the molecule is COc1ccccc1-c1cc(C(=O)N[C@@H](C)c2ccccc2)nc2c(-c3ccccc3)c(C)nn12. The maximum atomic E-state index is 13.4. The number of nitrogens with zero attached hydrogens (tertiary/aromatic N) is 3. The summed E-state index contributed by atoms with van der Waals surface area (Å²) >= 11 is 0. The second-order valence-corrected chi connectivity index (χ2v) is 8.39. The molecule has 0 bridgehead atoms. The average Bonchev–Trinajstić information content (AvgIpc) is 3.24. The van der Waals surface area contributed by atoms with E-state index in [1.165, 1.54) is 0 Å². The van der Waals surface area contributed by atoms with Gasteiger partial charge in [-0.3, -0.25) is 4.79 Å². The lowest BCUT2D eigenvalue weighted by molar-refractivity contribution is 0.0935. The van der Waals surface area contributed by atoms with E-state index in [1.807, 2.05) is 98.8 Å². The van der Waals surface area contributed by atoms with Crippen LogP contribution in [0.3, 0.4) is 0 Å². The summed E-state index contributed by atoms with van der Waals surface area (Å²) in [5.74, 6) is 0.441. The average molecular weight is 463 g/mol. The van der Waals surface area contributed by atoms with Crippen LogP contribution < -0.4 is 10.1 Å². The second-order valence-electron chi connectivity index (χ2n) is 8.39. The number of fused-ring (bicyclic) bond motifs is 1. The number of amides is 1. The van der Waals surface area contributed by atoms with Gasteiger partial charge in [0.2, 0.25) is 0 Å². The van der Waals surface area contributed by atoms with Gasteiger partial charge < -0.3 is 10.1 Å². The third-order valence-electron chi connectivity index (χ3n) is 6.09. The molecule has 5 aromatic rings. The maximum absolute atomic E-state index is 13.4. The van der Waals surface area contributed by atoms with Gasteiger partial charge in [-0.05, 0) is 43.2 Å². The number of para-hydroxylation sites is 1. The van der Waals surface area contributed by atoms with Gasteiger partial charge in [-0.25, -0.2) is 9.50 Å². The third-order valence-corrected chi connectivity index (χ3v) is 6.09. The van der Waals surface area contributed by atoms with Crippen molar-refractivity contribution in [1.82, 2.24) is 19.9 Å². The summed E-state index contributed by atoms with van der Waals surface area (Å²) < 4.78 is 7.43. The first-order valence-electron chi connectivity index (χ1n) is 11.5. The van der Waals surface area contributed by atoms with E-state index in [0.29, 0.717) is 17.1 Å². The van der Waals surface area contributed by atoms with Gasteiger partial charge in [0, 0.05) is 11.1 Å². The monoisotopic (exact) mass is 462 g/mol. The Morgan fingerprint density at radius 3 is 2.31 bits per heavy atom. The Hall–Kier alpha value is -4.45. The fourth-order valence-corrected chi connectivity index (χ4v) is 4.33. The van der Waals surface area contributed by atoms with Crippen LogP contribution in [0, 0.1) is 6.92 Å². The van der Waals surface area contributed by atoms with E-state index in [-0.39, 0.29) is 11.9 Å². The molecule has 0 aliphatic carbocycles. The molecule has 174 valence electrons. The molecule has 35 heavy (non-hydrogen) atoms. The van der Waals surface area contributed by atoms with Crippen LogP contribution in [0.25, 0.3) is 28.0 Å². The van der Waals surface area contributed by atoms with Gasteiger partial charge in [0.25, 0.3) is 5.91 Å². The minimum atomic E-state index is -0.252. The van der Waals surface area contributed by atoms with Crippen molar-refractivity contribution in [2.75, 3.05) is 7.11 Å². The number of nitrogens with one attached hydrogen (secondary N) is 1. The summed E-state index contributed by atoms with van der Waals surface area (Å²) in [4.78, 5) is 18.2. The third kappa shape index (κ3) is 4.26. The van der Waals surface area contributed by atoms with E-state index >= 15 is 0 Å². The number of rotatable bonds is 6. The van der Waals surface area contributed by atoms with Gasteiger partial charge in [-0.15, -0.1) is 0 Å². The Bertz CT molecular complexity index is 1490. The number of ether oxygens (including phenoxy) is 1. The molecule has 2 heterocycles. The normalized spacial score (nSPS) is 11.9. The van der Waals surface area contributed by atoms with E-state index in [0.717, 1.165) is 33.6 Å². The highest BCUT2D eigenvalue weighted by atomic mass is 16.5. The number of carbonyl (C=O) groups is 1. The van der Waals surface area contributed by atoms with Gasteiger partial charge in [0.05, 0.1) is 24.5 Å². The van der Waals surface area contributed by atoms with Crippen molar-refractivity contribution in [3.05, 3.63) is 108 Å². The zero-order chi connectivity index (χ0) is 24.4. The van der Waals surface area contributed by atoms with Gasteiger partial charge >= 0.3 is 0 Å². The molecule has 1 atom stereocenters. The summed E-state index contributed by atoms with van der Waals surface area (Å²) in [5.41, 5.74) is 6.24. The van der Waals surface area contributed by atoms with Crippen LogP contribution in [-0.4, -0.2) is 27.6 Å². The molecule has 0 spiro atoms. The van der Waals surface area contributed by atoms with Crippen LogP contribution in [-0.2, 0) is 0 Å². The number of carbonyl (C=O) groups excluding carboxylic acids is 1. The molecule has 2 aromatic heterocycles. The molecule has 0 radical (unpaired) electrons. The second kappa shape index (κ2) is 9.43. The van der Waals surface area contributed by atoms with Crippen molar-refractivity contribution in [1.29, 1.82) is 0 Å². The Labute approximate surface area is 204 Å². The quantitative estimate of drug-likeness (QED) is 0.343. The van der Waals surface area contributed by atoms with E-state index in [4.69, 9.17) is 14.8 Å². The van der Waals surface area contributed by atoms with Gasteiger partial charge in [0.15, 0.2) is 5.65 Å². The molecule has 0 fully saturated rings. The zero-order valence-electron chi connectivity index (χ0n) is 19.9. The van der Waals surface area contributed by atoms with Gasteiger partial charge in [-0.2, -0.15) is 5.10 Å². The van der Waals surface area contributed by atoms with E-state index in [9.17, 15) is 4.79 Å². The summed E-state index contributed by atoms with van der Waals surface area (Å²) in [5, 5.41) is 7.91. The van der Waals surface area contributed by atoms with Crippen molar-refractivity contribution in [3.8, 4) is 28.1 Å². The predicted octanol–water partition coefficient (Wildman–Crippen LogP) is 5.87. The van der Waals surface area contributed by atoms with Crippen molar-refractivity contribution in [2.45, 2.75) is 19.9 Å². The lowest BCUT2D eigenvalue weighted by Crippen LogP contribution is -2.27. The molecule has 6 heteroatoms. The molecule has 0 aliphatic heterocycles. The first-order valence-corrected chi connectivity index (χ1v) is 11.5. The van der Waals surface area contributed by atoms with E-state index in [1.54, 1.807) is 17.7 Å². The Morgan fingerprint density at radius 2 is 1.60 bits per heavy atom. The molecule has 5 rings (SSSR count). The molecule has 0 unspecified atom stereocenters. The molecular formula is C29H26N4O2. The molecular weight excluding hydrogens is 436 g/mol. The molecule has 1 N–H and O–H groups in total. The largest absolute Gasteiger partial charge is 0.496 e. The lowest BCUT2D eigenvalue weighted by Gasteiger charge is -2.15. The number of aryl methyl sites for hydroxylation is 1. The van der Waals surface area contributed by atoms with E-state index in [2.05, 4.69) is 5.32 Å². The van der Waals surface area contributed by atoms with Gasteiger partial charge in [0.1, 0.15) is 11.4 Å². The van der Waals surface area contributed by atoms with Crippen LogP contribution in [0.5, 0.6) is 5.75 Å². The van der Waals surface area contributed by atoms with Crippen LogP contribution in [0.1, 0.15) is 34.7 Å². The first-order chi connectivity index (χ1) is 17.1. The van der Waals surface area contributed by atoms with Crippen LogP contribution in [0.2, 0.25) is 0 Å². The number of hydrogen-bond donors (Lipinski definition) is 1. The first kappa shape index (κ1) is 22.3. The Kier molecular flexibility index (Phi) is 6.02. The minimum Gasteiger partial charge on any atom is -0.496 e. The number of methoxy groups -OCH3 is 1. The fourth-order valence-electron chi connectivity index (χ4n) is 4.33. The van der Waals surface area contributed by atoms with Crippen LogP contribution in [0.4, 0.5) is 0 Å². The van der Waals surface area contributed by atoms with Crippen molar-refractivity contribution in [2.24, 2.45) is 0 Å². The molecule has 6 nitrogen and oxygen atoms in total. The molecule has 1 amide bonds. The molecule has 0 aliphatic rings. The highest BCUT2D eigenvalue weighted by Crippen LogP contribution is 2.34. The minimum absolute atomic E-state index is 0.170. The Morgan fingerprint density at radius 1 is 0.943 bits per heavy atom. The smallest absolute Gasteiger partial charge is 0.270 e. The number of aromatic nitrogens is 3. The number of benzene rings is 3. The molecule has 0 saturated heterocycles. The molecule has 3 aromatic carbocycles. The van der Waals surface area contributed by atoms with Gasteiger partial charge in [-0.1, -0.05) is 72.8 Å². The topological polar surface area (TPSA) is 68.5 Å². The Balaban J connectivity index is 1.69. The van der Waals surface area contributed by atoms with Crippen LogP contribution in [0.15, 0.2) is 91.0 Å². The highest BCUT2D eigenvalue weighted by Gasteiger charge is 2.22. The zero-order valence-corrected chi connectivity index (χ0v) is 19.9. The highest BCUT2D eigenvalue weighted by molar-refractivity contribution is 5.95. The summed E-state index contributed by atoms with van der Waals surface area (Å²) in [6.45, 7) is 3.92. The summed E-state index contributed by atoms with van der Waals surface area (Å²) in [6.07, 6.45) is 0. The number of hydrogen-bond acceptors (Lipinski definition) is 4. The van der Waals surface area contributed by atoms with Crippen molar-refractivity contribution in [3.63, 3.8) is 0 Å². The predicted molar refractivity (Wildman–Crippen MR) is 137 cm³/mol. The van der Waals surface area contributed by atoms with E-state index < -0.39 is 0 Å². The molecule has 0 saturated carbocycles. The van der Waals surface area contributed by atoms with Crippen molar-refractivity contribution < 1.29 is 9.53 Å². The van der Waals surface area contributed by atoms with Crippen molar-refractivity contribution >= 4 is 11.6 Å². The summed E-state index contributed by atoms with van der Waals surface area (Å²) in [7, 11) is 1.64. The fraction of sp³-hybridized carbons (Fsp3) is 0.138. The van der Waals surface area contributed by atoms with Crippen LogP contribution >= 0.6 is 0 Å². The standard InChI is InChI=1S/C29H26N4O2/c1-19(21-12-6-4-7-13-21)30-29(34)24-18-25(23-16-10-11-17-26(23)35-3)33-28(31-24)27(20(2)32-33)22-14-8-5-9-15-22/h4-19H,1-3H3,(H,30,34)/t19-/m0/s1. The maximum Gasteiger partial charge on any atom is 0.270 e.